The van der Waals surface area contributed by atoms with Crippen LogP contribution in [0, 0.1) is 0 Å². The minimum absolute atomic E-state index is 0.0412. The van der Waals surface area contributed by atoms with Gasteiger partial charge in [-0.15, -0.1) is 0 Å². The van der Waals surface area contributed by atoms with E-state index in [4.69, 9.17) is 21.1 Å². The predicted molar refractivity (Wildman–Crippen MR) is 134 cm³/mol. The third kappa shape index (κ3) is 8.79. The van der Waals surface area contributed by atoms with Gasteiger partial charge in [0.2, 0.25) is 5.91 Å². The van der Waals surface area contributed by atoms with E-state index in [-0.39, 0.29) is 37.3 Å². The topological polar surface area (TPSA) is 93.7 Å². The summed E-state index contributed by atoms with van der Waals surface area (Å²) in [6.07, 6.45) is 0.490. The number of anilines is 1. The Morgan fingerprint density at radius 3 is 2.26 bits per heavy atom. The Labute approximate surface area is 209 Å². The van der Waals surface area contributed by atoms with Crippen molar-refractivity contribution in [1.29, 1.82) is 0 Å². The molecule has 3 rings (SSSR count). The molecule has 0 aromatic heterocycles. The number of hydrogen-bond donors (Lipinski definition) is 2. The van der Waals surface area contributed by atoms with Gasteiger partial charge in [-0.2, -0.15) is 0 Å². The van der Waals surface area contributed by atoms with Crippen LogP contribution in [0.5, 0.6) is 11.5 Å². The van der Waals surface area contributed by atoms with E-state index < -0.39 is 5.97 Å². The Kier molecular flexibility index (Phi) is 9.69. The lowest BCUT2D eigenvalue weighted by Gasteiger charge is -2.14. The van der Waals surface area contributed by atoms with Crippen molar-refractivity contribution in [3.8, 4) is 11.5 Å². The Bertz CT molecular complexity index is 1140. The first kappa shape index (κ1) is 25.8. The van der Waals surface area contributed by atoms with Crippen LogP contribution in [0.1, 0.15) is 37.8 Å². The zero-order valence-electron chi connectivity index (χ0n) is 19.3. The SMILES string of the molecule is C[C@@H](NC(=O)COC(=O)CCCC(=O)Nc1ccc(Oc2ccccc2Cl)cc1)c1ccccc1. The monoisotopic (exact) mass is 494 g/mol. The van der Waals surface area contributed by atoms with Crippen LogP contribution in [0.3, 0.4) is 0 Å². The third-order valence-corrected chi connectivity index (χ3v) is 5.34. The second-order valence-electron chi connectivity index (χ2n) is 7.82. The molecule has 1 atom stereocenters. The van der Waals surface area contributed by atoms with E-state index in [9.17, 15) is 14.4 Å². The van der Waals surface area contributed by atoms with Crippen LogP contribution >= 0.6 is 11.6 Å². The van der Waals surface area contributed by atoms with Crippen molar-refractivity contribution in [2.45, 2.75) is 32.2 Å². The van der Waals surface area contributed by atoms with Crippen molar-refractivity contribution in [1.82, 2.24) is 5.32 Å². The van der Waals surface area contributed by atoms with Crippen molar-refractivity contribution in [2.24, 2.45) is 0 Å². The third-order valence-electron chi connectivity index (χ3n) is 5.03. The van der Waals surface area contributed by atoms with Crippen LogP contribution in [0.25, 0.3) is 0 Å². The lowest BCUT2D eigenvalue weighted by atomic mass is 10.1. The molecule has 0 aliphatic rings. The maximum absolute atomic E-state index is 12.2. The summed E-state index contributed by atoms with van der Waals surface area (Å²) in [6, 6.07) is 23.3. The molecule has 0 bridgehead atoms. The van der Waals surface area contributed by atoms with Gasteiger partial charge >= 0.3 is 5.97 Å². The maximum Gasteiger partial charge on any atom is 0.306 e. The van der Waals surface area contributed by atoms with Crippen molar-refractivity contribution in [2.75, 3.05) is 11.9 Å². The molecule has 0 spiro atoms. The van der Waals surface area contributed by atoms with Crippen molar-refractivity contribution < 1.29 is 23.9 Å². The molecule has 0 saturated carbocycles. The number of ether oxygens (including phenoxy) is 2. The Morgan fingerprint density at radius 1 is 0.857 bits per heavy atom. The normalized spacial score (nSPS) is 11.3. The van der Waals surface area contributed by atoms with Crippen molar-refractivity contribution in [3.05, 3.63) is 89.4 Å². The second-order valence-corrected chi connectivity index (χ2v) is 8.23. The van der Waals surface area contributed by atoms with Crippen LogP contribution in [-0.2, 0) is 19.1 Å². The first-order valence-corrected chi connectivity index (χ1v) is 11.6. The van der Waals surface area contributed by atoms with Gasteiger partial charge in [0.15, 0.2) is 6.61 Å². The highest BCUT2D eigenvalue weighted by Crippen LogP contribution is 2.29. The lowest BCUT2D eigenvalue weighted by molar-refractivity contribution is -0.148. The van der Waals surface area contributed by atoms with E-state index in [1.165, 1.54) is 0 Å². The number of esters is 1. The summed E-state index contributed by atoms with van der Waals surface area (Å²) in [6.45, 7) is 1.50. The fourth-order valence-electron chi connectivity index (χ4n) is 3.20. The van der Waals surface area contributed by atoms with Crippen molar-refractivity contribution in [3.63, 3.8) is 0 Å². The van der Waals surface area contributed by atoms with Gasteiger partial charge in [0, 0.05) is 18.5 Å². The summed E-state index contributed by atoms with van der Waals surface area (Å²) in [5.41, 5.74) is 1.56. The molecule has 0 aliphatic carbocycles. The molecule has 8 heteroatoms. The van der Waals surface area contributed by atoms with Gasteiger partial charge in [0.25, 0.3) is 5.91 Å². The average molecular weight is 495 g/mol. The number of hydrogen-bond acceptors (Lipinski definition) is 5. The van der Waals surface area contributed by atoms with Crippen LogP contribution < -0.4 is 15.4 Å². The Hall–Kier alpha value is -3.84. The zero-order chi connectivity index (χ0) is 25.0. The minimum atomic E-state index is -0.526. The number of nitrogens with one attached hydrogen (secondary N) is 2. The van der Waals surface area contributed by atoms with Gasteiger partial charge in [0.1, 0.15) is 11.5 Å². The first-order valence-electron chi connectivity index (χ1n) is 11.2. The highest BCUT2D eigenvalue weighted by molar-refractivity contribution is 6.32. The Balaban J connectivity index is 1.32. The average Bonchev–Trinajstić information content (AvgIpc) is 2.86. The summed E-state index contributed by atoms with van der Waals surface area (Å²) in [4.78, 5) is 36.0. The van der Waals surface area contributed by atoms with Gasteiger partial charge in [-0.3, -0.25) is 14.4 Å². The number of para-hydroxylation sites is 1. The van der Waals surface area contributed by atoms with E-state index in [0.29, 0.717) is 28.6 Å². The number of halogens is 1. The smallest absolute Gasteiger partial charge is 0.306 e. The van der Waals surface area contributed by atoms with Gasteiger partial charge in [-0.25, -0.2) is 0 Å². The molecule has 0 radical (unpaired) electrons. The van der Waals surface area contributed by atoms with Crippen LogP contribution in [0.4, 0.5) is 5.69 Å². The fraction of sp³-hybridized carbons (Fsp3) is 0.222. The van der Waals surface area contributed by atoms with E-state index in [1.54, 1.807) is 36.4 Å². The molecule has 2 N–H and O–H groups in total. The molecule has 2 amide bonds. The van der Waals surface area contributed by atoms with Crippen LogP contribution in [0.15, 0.2) is 78.9 Å². The van der Waals surface area contributed by atoms with Crippen LogP contribution in [-0.4, -0.2) is 24.4 Å². The summed E-state index contributed by atoms with van der Waals surface area (Å²) >= 11 is 6.09. The molecule has 0 heterocycles. The second kappa shape index (κ2) is 13.2. The summed E-state index contributed by atoms with van der Waals surface area (Å²) in [7, 11) is 0. The molecular formula is C27H27ClN2O5. The highest BCUT2D eigenvalue weighted by atomic mass is 35.5. The van der Waals surface area contributed by atoms with E-state index in [1.807, 2.05) is 49.4 Å². The molecule has 0 unspecified atom stereocenters. The van der Waals surface area contributed by atoms with Gasteiger partial charge in [0.05, 0.1) is 11.1 Å². The number of carbonyl (C=O) groups is 3. The molecule has 0 aliphatic heterocycles. The standard InChI is InChI=1S/C27H27ClN2O5/c1-19(20-8-3-2-4-9-20)29-26(32)18-34-27(33)13-7-12-25(31)30-21-14-16-22(17-15-21)35-24-11-6-5-10-23(24)28/h2-6,8-11,14-17,19H,7,12-13,18H2,1H3,(H,29,32)(H,30,31)/t19-/m1/s1. The highest BCUT2D eigenvalue weighted by Gasteiger charge is 2.12. The molecule has 0 fully saturated rings. The molecular weight excluding hydrogens is 468 g/mol. The van der Waals surface area contributed by atoms with Crippen LogP contribution in [0.2, 0.25) is 5.02 Å². The van der Waals surface area contributed by atoms with E-state index >= 15 is 0 Å². The number of carbonyl (C=O) groups excluding carboxylic acids is 3. The first-order chi connectivity index (χ1) is 16.9. The summed E-state index contributed by atoms with van der Waals surface area (Å²) in [5.74, 6) is -0.00938. The fourth-order valence-corrected chi connectivity index (χ4v) is 3.38. The molecule has 3 aromatic rings. The lowest BCUT2D eigenvalue weighted by Crippen LogP contribution is -2.31. The van der Waals surface area contributed by atoms with Gasteiger partial charge in [-0.05, 0) is 55.3 Å². The van der Waals surface area contributed by atoms with Gasteiger partial charge in [-0.1, -0.05) is 54.1 Å². The zero-order valence-corrected chi connectivity index (χ0v) is 20.1. The predicted octanol–water partition coefficient (Wildman–Crippen LogP) is 5.66. The van der Waals surface area contributed by atoms with Crippen molar-refractivity contribution >= 4 is 35.1 Å². The maximum atomic E-state index is 12.2. The molecule has 35 heavy (non-hydrogen) atoms. The minimum Gasteiger partial charge on any atom is -0.456 e. The summed E-state index contributed by atoms with van der Waals surface area (Å²) in [5, 5.41) is 6.05. The molecule has 0 saturated heterocycles. The largest absolute Gasteiger partial charge is 0.456 e. The number of rotatable bonds is 11. The van der Waals surface area contributed by atoms with Gasteiger partial charge < -0.3 is 20.1 Å². The molecule has 182 valence electrons. The quantitative estimate of drug-likeness (QED) is 0.335. The molecule has 3 aromatic carbocycles. The summed E-state index contributed by atoms with van der Waals surface area (Å²) < 4.78 is 10.7. The van der Waals surface area contributed by atoms with E-state index in [0.717, 1.165) is 5.56 Å². The number of benzene rings is 3. The van der Waals surface area contributed by atoms with E-state index in [2.05, 4.69) is 10.6 Å². The number of amides is 2. The molecule has 7 nitrogen and oxygen atoms in total. The Morgan fingerprint density at radius 2 is 1.54 bits per heavy atom.